The average molecular weight is 219 g/mol. The van der Waals surface area contributed by atoms with Gasteiger partial charge in [-0.1, -0.05) is 11.2 Å². The Bertz CT molecular complexity index is 333. The zero-order valence-electron chi connectivity index (χ0n) is 9.54. The summed E-state index contributed by atoms with van der Waals surface area (Å²) in [6.07, 6.45) is 5.56. The fourth-order valence-electron chi connectivity index (χ4n) is 2.31. The number of aromatic nitrogens is 1. The van der Waals surface area contributed by atoms with Crippen LogP contribution in [0.25, 0.3) is 0 Å². The van der Waals surface area contributed by atoms with Crippen molar-refractivity contribution in [3.63, 3.8) is 0 Å². The van der Waals surface area contributed by atoms with Crippen LogP contribution in [0.1, 0.15) is 24.4 Å². The molecular weight excluding hydrogens is 202 g/mol. The Balaban J connectivity index is 2.08. The van der Waals surface area contributed by atoms with Gasteiger partial charge in [-0.2, -0.15) is 4.91 Å². The van der Waals surface area contributed by atoms with Gasteiger partial charge in [-0.3, -0.25) is 4.98 Å². The molecule has 16 heavy (non-hydrogen) atoms. The normalized spacial score (nSPS) is 20.6. The van der Waals surface area contributed by atoms with E-state index in [0.717, 1.165) is 31.5 Å². The summed E-state index contributed by atoms with van der Waals surface area (Å²) in [7, 11) is 2.11. The molecule has 0 aliphatic carbocycles. The molecule has 2 rings (SSSR count). The van der Waals surface area contributed by atoms with Crippen molar-refractivity contribution < 1.29 is 0 Å². The predicted molar refractivity (Wildman–Crippen MR) is 63.0 cm³/mol. The second-order valence-electron chi connectivity index (χ2n) is 4.48. The van der Waals surface area contributed by atoms with Crippen LogP contribution in [-0.2, 0) is 0 Å². The summed E-state index contributed by atoms with van der Waals surface area (Å²) < 4.78 is 0. The molecule has 1 unspecified atom stereocenters. The van der Waals surface area contributed by atoms with Crippen LogP contribution in [-0.4, -0.2) is 30.0 Å². The molecule has 1 atom stereocenters. The van der Waals surface area contributed by atoms with Gasteiger partial charge in [0, 0.05) is 12.4 Å². The topological polar surface area (TPSA) is 45.6 Å². The van der Waals surface area contributed by atoms with Gasteiger partial charge in [-0.15, -0.1) is 0 Å². The zero-order chi connectivity index (χ0) is 11.4. The highest BCUT2D eigenvalue weighted by Crippen LogP contribution is 2.32. The number of nitrogens with zero attached hydrogens (tertiary/aromatic N) is 3. The van der Waals surface area contributed by atoms with Gasteiger partial charge in [0.1, 0.15) is 6.04 Å². The Labute approximate surface area is 95.7 Å². The molecular formula is C12H17N3O. The number of hydrogen-bond donors (Lipinski definition) is 0. The smallest absolute Gasteiger partial charge is 0.121 e. The number of pyridine rings is 1. The van der Waals surface area contributed by atoms with Crippen LogP contribution in [0.2, 0.25) is 0 Å². The van der Waals surface area contributed by atoms with Crippen LogP contribution in [0.4, 0.5) is 0 Å². The van der Waals surface area contributed by atoms with Crippen molar-refractivity contribution in [2.75, 3.05) is 20.1 Å². The van der Waals surface area contributed by atoms with Crippen molar-refractivity contribution in [3.05, 3.63) is 35.0 Å². The molecule has 1 aliphatic rings. The Morgan fingerprint density at radius 2 is 2.25 bits per heavy atom. The van der Waals surface area contributed by atoms with Crippen molar-refractivity contribution in [2.45, 2.75) is 18.9 Å². The SMILES string of the molecule is CN1CCC(C(N=O)c2cccnc2)CC1. The van der Waals surface area contributed by atoms with E-state index < -0.39 is 0 Å². The molecule has 0 radical (unpaired) electrons. The van der Waals surface area contributed by atoms with Gasteiger partial charge >= 0.3 is 0 Å². The lowest BCUT2D eigenvalue weighted by Crippen LogP contribution is -2.32. The maximum Gasteiger partial charge on any atom is 0.121 e. The lowest BCUT2D eigenvalue weighted by Gasteiger charge is -2.31. The highest BCUT2D eigenvalue weighted by molar-refractivity contribution is 5.15. The quantitative estimate of drug-likeness (QED) is 0.732. The van der Waals surface area contributed by atoms with E-state index in [-0.39, 0.29) is 6.04 Å². The number of piperidine rings is 1. The fourth-order valence-corrected chi connectivity index (χ4v) is 2.31. The molecule has 1 fully saturated rings. The predicted octanol–water partition coefficient (Wildman–Crippen LogP) is 2.23. The Morgan fingerprint density at radius 3 is 2.81 bits per heavy atom. The molecule has 0 bridgehead atoms. The maximum absolute atomic E-state index is 11.0. The van der Waals surface area contributed by atoms with E-state index in [2.05, 4.69) is 22.1 Å². The molecule has 1 aromatic rings. The first-order valence-corrected chi connectivity index (χ1v) is 5.72. The molecule has 0 spiro atoms. The monoisotopic (exact) mass is 219 g/mol. The Hall–Kier alpha value is -1.29. The van der Waals surface area contributed by atoms with Gasteiger partial charge in [-0.05, 0) is 50.5 Å². The van der Waals surface area contributed by atoms with Crippen molar-refractivity contribution in [3.8, 4) is 0 Å². The van der Waals surface area contributed by atoms with Gasteiger partial charge in [0.25, 0.3) is 0 Å². The van der Waals surface area contributed by atoms with E-state index in [9.17, 15) is 4.91 Å². The van der Waals surface area contributed by atoms with E-state index >= 15 is 0 Å². The number of rotatable bonds is 3. The molecule has 1 aromatic heterocycles. The van der Waals surface area contributed by atoms with Crippen LogP contribution < -0.4 is 0 Å². The van der Waals surface area contributed by atoms with Gasteiger partial charge in [-0.25, -0.2) is 0 Å². The molecule has 86 valence electrons. The first-order chi connectivity index (χ1) is 7.81. The van der Waals surface area contributed by atoms with Crippen molar-refractivity contribution >= 4 is 0 Å². The number of hydrogen-bond acceptors (Lipinski definition) is 4. The summed E-state index contributed by atoms with van der Waals surface area (Å²) in [6, 6.07) is 3.59. The third-order valence-corrected chi connectivity index (χ3v) is 3.35. The van der Waals surface area contributed by atoms with Crippen LogP contribution >= 0.6 is 0 Å². The van der Waals surface area contributed by atoms with Crippen LogP contribution in [0.15, 0.2) is 29.7 Å². The largest absolute Gasteiger partial charge is 0.306 e. The third kappa shape index (κ3) is 2.44. The summed E-state index contributed by atoms with van der Waals surface area (Å²) in [4.78, 5) is 17.3. The molecule has 1 aliphatic heterocycles. The van der Waals surface area contributed by atoms with E-state index in [1.165, 1.54) is 0 Å². The maximum atomic E-state index is 11.0. The summed E-state index contributed by atoms with van der Waals surface area (Å²) >= 11 is 0. The minimum absolute atomic E-state index is 0.220. The fraction of sp³-hybridized carbons (Fsp3) is 0.583. The highest BCUT2D eigenvalue weighted by Gasteiger charge is 2.27. The second kappa shape index (κ2) is 5.16. The number of likely N-dealkylation sites (tertiary alicyclic amines) is 1. The molecule has 4 nitrogen and oxygen atoms in total. The highest BCUT2D eigenvalue weighted by atomic mass is 16.3. The van der Waals surface area contributed by atoms with Crippen LogP contribution in [0.3, 0.4) is 0 Å². The van der Waals surface area contributed by atoms with E-state index in [4.69, 9.17) is 0 Å². The summed E-state index contributed by atoms with van der Waals surface area (Å²) in [5.74, 6) is 0.373. The molecule has 4 heteroatoms. The molecule has 2 heterocycles. The van der Waals surface area contributed by atoms with Crippen LogP contribution in [0, 0.1) is 10.8 Å². The summed E-state index contributed by atoms with van der Waals surface area (Å²) in [5, 5.41) is 3.30. The average Bonchev–Trinajstić information content (AvgIpc) is 2.34. The molecule has 0 amide bonds. The molecule has 0 aromatic carbocycles. The lowest BCUT2D eigenvalue weighted by molar-refractivity contribution is 0.199. The third-order valence-electron chi connectivity index (χ3n) is 3.35. The van der Waals surface area contributed by atoms with Crippen LogP contribution in [0.5, 0.6) is 0 Å². The summed E-state index contributed by atoms with van der Waals surface area (Å²) in [5.41, 5.74) is 0.951. The first-order valence-electron chi connectivity index (χ1n) is 5.72. The van der Waals surface area contributed by atoms with E-state index in [1.807, 2.05) is 12.1 Å². The van der Waals surface area contributed by atoms with Gasteiger partial charge < -0.3 is 4.90 Å². The Morgan fingerprint density at radius 1 is 1.50 bits per heavy atom. The van der Waals surface area contributed by atoms with E-state index in [1.54, 1.807) is 12.4 Å². The Kier molecular flexibility index (Phi) is 3.62. The zero-order valence-corrected chi connectivity index (χ0v) is 9.54. The van der Waals surface area contributed by atoms with Gasteiger partial charge in [0.05, 0.1) is 0 Å². The van der Waals surface area contributed by atoms with Crippen molar-refractivity contribution in [1.82, 2.24) is 9.88 Å². The van der Waals surface area contributed by atoms with Gasteiger partial charge in [0.15, 0.2) is 0 Å². The van der Waals surface area contributed by atoms with E-state index in [0.29, 0.717) is 5.92 Å². The van der Waals surface area contributed by atoms with Crippen molar-refractivity contribution in [1.29, 1.82) is 0 Å². The number of nitroso groups, excluding NO2 is 1. The minimum atomic E-state index is -0.220. The summed E-state index contributed by atoms with van der Waals surface area (Å²) in [6.45, 7) is 2.11. The lowest BCUT2D eigenvalue weighted by atomic mass is 9.86. The first kappa shape index (κ1) is 11.2. The second-order valence-corrected chi connectivity index (χ2v) is 4.48. The minimum Gasteiger partial charge on any atom is -0.306 e. The van der Waals surface area contributed by atoms with Gasteiger partial charge in [0.2, 0.25) is 0 Å². The standard InChI is InChI=1S/C12H17N3O/c1-15-7-4-10(5-8-15)12(14-16)11-3-2-6-13-9-11/h2-3,6,9-10,12H,4-5,7-8H2,1H3. The molecule has 1 saturated heterocycles. The molecule has 0 saturated carbocycles. The van der Waals surface area contributed by atoms with Crippen molar-refractivity contribution in [2.24, 2.45) is 11.1 Å². The molecule has 0 N–H and O–H groups in total.